The molecule has 1 aromatic heterocycles. The van der Waals surface area contributed by atoms with Crippen LogP contribution in [0, 0.1) is 6.92 Å². The number of ether oxygens (including phenoxy) is 1. The lowest BCUT2D eigenvalue weighted by Crippen LogP contribution is -1.89. The normalized spacial score (nSPS) is 10.1. The number of aromatic nitrogens is 2. The Hall–Kier alpha value is -1.84. The first-order chi connectivity index (χ1) is 6.81. The van der Waals surface area contributed by atoms with Crippen LogP contribution in [0.2, 0.25) is 0 Å². The number of methoxy groups -OCH3 is 1. The third kappa shape index (κ3) is 1.46. The first-order valence-corrected chi connectivity index (χ1v) is 4.22. The van der Waals surface area contributed by atoms with Gasteiger partial charge in [-0.3, -0.25) is 0 Å². The molecule has 2 rings (SSSR count). The molecule has 0 spiro atoms. The summed E-state index contributed by atoms with van der Waals surface area (Å²) in [7, 11) is 1.62. The Kier molecular flexibility index (Phi) is 2.18. The van der Waals surface area contributed by atoms with E-state index in [1.807, 2.05) is 25.1 Å². The lowest BCUT2D eigenvalue weighted by atomic mass is 10.1. The van der Waals surface area contributed by atoms with E-state index in [9.17, 15) is 0 Å². The van der Waals surface area contributed by atoms with Gasteiger partial charge in [0.05, 0.1) is 12.7 Å². The Balaban J connectivity index is 2.53. The average molecular weight is 190 g/mol. The lowest BCUT2D eigenvalue weighted by Gasteiger charge is -2.05. The van der Waals surface area contributed by atoms with E-state index in [1.165, 1.54) is 6.39 Å². The van der Waals surface area contributed by atoms with Crippen molar-refractivity contribution in [3.8, 4) is 17.1 Å². The highest BCUT2D eigenvalue weighted by Gasteiger charge is 2.09. The van der Waals surface area contributed by atoms with E-state index in [-0.39, 0.29) is 0 Å². The molecule has 1 heterocycles. The molecule has 1 aromatic carbocycles. The Morgan fingerprint density at radius 1 is 1.36 bits per heavy atom. The van der Waals surface area contributed by atoms with E-state index in [0.717, 1.165) is 16.9 Å². The molecule has 72 valence electrons. The van der Waals surface area contributed by atoms with E-state index >= 15 is 0 Å². The minimum absolute atomic E-state index is 0.543. The fraction of sp³-hybridized carbons (Fsp3) is 0.200. The summed E-state index contributed by atoms with van der Waals surface area (Å²) in [5.41, 5.74) is 1.97. The zero-order valence-electron chi connectivity index (χ0n) is 8.02. The molecule has 0 saturated heterocycles. The van der Waals surface area contributed by atoms with Crippen molar-refractivity contribution < 1.29 is 9.26 Å². The van der Waals surface area contributed by atoms with Gasteiger partial charge in [0.25, 0.3) is 0 Å². The first-order valence-electron chi connectivity index (χ1n) is 4.22. The van der Waals surface area contributed by atoms with E-state index in [1.54, 1.807) is 7.11 Å². The second-order valence-corrected chi connectivity index (χ2v) is 2.96. The Morgan fingerprint density at radius 2 is 2.21 bits per heavy atom. The summed E-state index contributed by atoms with van der Waals surface area (Å²) in [5.74, 6) is 1.30. The molecule has 0 aliphatic heterocycles. The van der Waals surface area contributed by atoms with Crippen LogP contribution in [0.3, 0.4) is 0 Å². The van der Waals surface area contributed by atoms with Crippen LogP contribution in [0.5, 0.6) is 5.75 Å². The summed E-state index contributed by atoms with van der Waals surface area (Å²) in [4.78, 5) is 3.97. The second kappa shape index (κ2) is 3.49. The molecule has 2 aromatic rings. The minimum Gasteiger partial charge on any atom is -0.496 e. The smallest absolute Gasteiger partial charge is 0.214 e. The molecule has 0 bridgehead atoms. The van der Waals surface area contributed by atoms with Gasteiger partial charge < -0.3 is 9.26 Å². The SMILES string of the molecule is COc1cc(C)ccc1-c1ncon1. The summed E-state index contributed by atoms with van der Waals surface area (Å²) >= 11 is 0. The highest BCUT2D eigenvalue weighted by molar-refractivity contribution is 5.64. The van der Waals surface area contributed by atoms with E-state index in [2.05, 4.69) is 14.7 Å². The predicted molar refractivity (Wildman–Crippen MR) is 51.0 cm³/mol. The van der Waals surface area contributed by atoms with Gasteiger partial charge in [-0.15, -0.1) is 0 Å². The monoisotopic (exact) mass is 190 g/mol. The van der Waals surface area contributed by atoms with Gasteiger partial charge in [0.2, 0.25) is 12.2 Å². The molecular weight excluding hydrogens is 180 g/mol. The van der Waals surface area contributed by atoms with Gasteiger partial charge in [0.15, 0.2) is 0 Å². The predicted octanol–water partition coefficient (Wildman–Crippen LogP) is 2.05. The fourth-order valence-electron chi connectivity index (χ4n) is 1.27. The Morgan fingerprint density at radius 3 is 2.86 bits per heavy atom. The molecule has 0 unspecified atom stereocenters. The van der Waals surface area contributed by atoms with Crippen molar-refractivity contribution in [2.24, 2.45) is 0 Å². The summed E-state index contributed by atoms with van der Waals surface area (Å²) < 4.78 is 9.91. The molecule has 0 aliphatic rings. The molecule has 0 fully saturated rings. The van der Waals surface area contributed by atoms with Gasteiger partial charge in [-0.05, 0) is 24.6 Å². The molecule has 0 amide bonds. The van der Waals surface area contributed by atoms with Crippen molar-refractivity contribution in [1.29, 1.82) is 0 Å². The molecule has 14 heavy (non-hydrogen) atoms. The van der Waals surface area contributed by atoms with Crippen molar-refractivity contribution in [3.63, 3.8) is 0 Å². The van der Waals surface area contributed by atoms with Gasteiger partial charge in [-0.2, -0.15) is 4.98 Å². The van der Waals surface area contributed by atoms with Crippen LogP contribution in [0.1, 0.15) is 5.56 Å². The van der Waals surface area contributed by atoms with Crippen LogP contribution < -0.4 is 4.74 Å². The topological polar surface area (TPSA) is 48.2 Å². The van der Waals surface area contributed by atoms with Gasteiger partial charge >= 0.3 is 0 Å². The lowest BCUT2D eigenvalue weighted by molar-refractivity contribution is 0.410. The number of hydrogen-bond donors (Lipinski definition) is 0. The van der Waals surface area contributed by atoms with Crippen LogP contribution in [0.4, 0.5) is 0 Å². The van der Waals surface area contributed by atoms with E-state index in [4.69, 9.17) is 4.74 Å². The molecular formula is C10H10N2O2. The molecule has 0 atom stereocenters. The van der Waals surface area contributed by atoms with Gasteiger partial charge in [-0.25, -0.2) is 0 Å². The molecule has 4 nitrogen and oxygen atoms in total. The Bertz CT molecular complexity index is 424. The summed E-state index contributed by atoms with van der Waals surface area (Å²) in [6.45, 7) is 2.00. The fourth-order valence-corrected chi connectivity index (χ4v) is 1.27. The average Bonchev–Trinajstić information content (AvgIpc) is 2.70. The quantitative estimate of drug-likeness (QED) is 0.727. The van der Waals surface area contributed by atoms with E-state index < -0.39 is 0 Å². The zero-order chi connectivity index (χ0) is 9.97. The van der Waals surface area contributed by atoms with Crippen LogP contribution in [-0.4, -0.2) is 17.3 Å². The van der Waals surface area contributed by atoms with Crippen molar-refractivity contribution >= 4 is 0 Å². The molecule has 4 heteroatoms. The maximum atomic E-state index is 5.23. The third-order valence-electron chi connectivity index (χ3n) is 1.96. The van der Waals surface area contributed by atoms with Crippen LogP contribution in [-0.2, 0) is 0 Å². The maximum Gasteiger partial charge on any atom is 0.214 e. The highest BCUT2D eigenvalue weighted by atomic mass is 16.5. The molecule has 0 N–H and O–H groups in total. The summed E-state index contributed by atoms with van der Waals surface area (Å²) in [6, 6.07) is 5.83. The third-order valence-corrected chi connectivity index (χ3v) is 1.96. The van der Waals surface area contributed by atoms with Crippen molar-refractivity contribution in [1.82, 2.24) is 10.1 Å². The van der Waals surface area contributed by atoms with Crippen LogP contribution >= 0.6 is 0 Å². The summed E-state index contributed by atoms with van der Waals surface area (Å²) in [5, 5.41) is 3.76. The number of rotatable bonds is 2. The zero-order valence-corrected chi connectivity index (χ0v) is 8.02. The van der Waals surface area contributed by atoms with Crippen molar-refractivity contribution in [2.45, 2.75) is 6.92 Å². The van der Waals surface area contributed by atoms with Crippen LogP contribution in [0.15, 0.2) is 29.1 Å². The summed E-state index contributed by atoms with van der Waals surface area (Å²) in [6.07, 6.45) is 1.30. The van der Waals surface area contributed by atoms with Gasteiger partial charge in [0, 0.05) is 0 Å². The largest absolute Gasteiger partial charge is 0.496 e. The second-order valence-electron chi connectivity index (χ2n) is 2.96. The van der Waals surface area contributed by atoms with Crippen molar-refractivity contribution in [3.05, 3.63) is 30.2 Å². The van der Waals surface area contributed by atoms with Crippen molar-refractivity contribution in [2.75, 3.05) is 7.11 Å². The van der Waals surface area contributed by atoms with Gasteiger partial charge in [-0.1, -0.05) is 11.2 Å². The minimum atomic E-state index is 0.543. The molecule has 0 aliphatic carbocycles. The first kappa shape index (κ1) is 8.74. The Labute approximate surface area is 81.5 Å². The number of benzene rings is 1. The molecule has 0 saturated carbocycles. The molecule has 0 radical (unpaired) electrons. The maximum absolute atomic E-state index is 5.23. The number of nitrogens with zero attached hydrogens (tertiary/aromatic N) is 2. The number of aryl methyl sites for hydroxylation is 1. The standard InChI is InChI=1S/C10H10N2O2/c1-7-3-4-8(9(5-7)13-2)10-11-6-14-12-10/h3-6H,1-2H3. The van der Waals surface area contributed by atoms with Gasteiger partial charge in [0.1, 0.15) is 5.75 Å². The van der Waals surface area contributed by atoms with Crippen LogP contribution in [0.25, 0.3) is 11.4 Å². The van der Waals surface area contributed by atoms with E-state index in [0.29, 0.717) is 5.82 Å². The number of hydrogen-bond acceptors (Lipinski definition) is 4. The highest BCUT2D eigenvalue weighted by Crippen LogP contribution is 2.27.